The van der Waals surface area contributed by atoms with Crippen molar-refractivity contribution in [3.05, 3.63) is 22.5 Å². The molecule has 1 amide bonds. The van der Waals surface area contributed by atoms with E-state index in [0.29, 0.717) is 18.3 Å². The number of methoxy groups -OCH3 is 1. The van der Waals surface area contributed by atoms with E-state index in [9.17, 15) is 4.79 Å². The molecule has 0 spiro atoms. The number of aromatic nitrogens is 2. The van der Waals surface area contributed by atoms with Gasteiger partial charge in [-0.3, -0.25) is 9.48 Å². The molecule has 0 saturated heterocycles. The Bertz CT molecular complexity index is 485. The SMILES string of the molecule is COCCN(CCO)C(=O)/C=C/c1c(C)nn(C)c1Cl. The van der Waals surface area contributed by atoms with Crippen LogP contribution in [0.2, 0.25) is 5.15 Å². The maximum absolute atomic E-state index is 12.0. The summed E-state index contributed by atoms with van der Waals surface area (Å²) in [6.07, 6.45) is 3.07. The van der Waals surface area contributed by atoms with Gasteiger partial charge in [-0.15, -0.1) is 0 Å². The number of aliphatic hydroxyl groups excluding tert-OH is 1. The van der Waals surface area contributed by atoms with Gasteiger partial charge in [-0.05, 0) is 13.0 Å². The molecular weight excluding hydrogens is 282 g/mol. The molecule has 0 saturated carbocycles. The molecule has 0 aliphatic rings. The predicted octanol–water partition coefficient (Wildman–Crippen LogP) is 0.862. The van der Waals surface area contributed by atoms with E-state index in [1.807, 2.05) is 6.92 Å². The van der Waals surface area contributed by atoms with Crippen LogP contribution in [0.3, 0.4) is 0 Å². The number of hydrogen-bond donors (Lipinski definition) is 1. The van der Waals surface area contributed by atoms with Crippen LogP contribution in [0.4, 0.5) is 0 Å². The summed E-state index contributed by atoms with van der Waals surface area (Å²) in [7, 11) is 3.31. The highest BCUT2D eigenvalue weighted by Gasteiger charge is 2.12. The predicted molar refractivity (Wildman–Crippen MR) is 77.5 cm³/mol. The first-order valence-electron chi connectivity index (χ1n) is 6.27. The molecule has 0 fully saturated rings. The number of aliphatic hydroxyl groups is 1. The number of ether oxygens (including phenoxy) is 1. The molecule has 1 N–H and O–H groups in total. The average Bonchev–Trinajstić information content (AvgIpc) is 2.66. The highest BCUT2D eigenvalue weighted by atomic mass is 35.5. The molecule has 0 unspecified atom stereocenters. The first-order valence-corrected chi connectivity index (χ1v) is 6.65. The Morgan fingerprint density at radius 2 is 2.25 bits per heavy atom. The zero-order valence-electron chi connectivity index (χ0n) is 12.0. The molecule has 0 bridgehead atoms. The van der Waals surface area contributed by atoms with Gasteiger partial charge in [-0.25, -0.2) is 0 Å². The van der Waals surface area contributed by atoms with Crippen molar-refractivity contribution in [2.24, 2.45) is 7.05 Å². The van der Waals surface area contributed by atoms with Crippen molar-refractivity contribution in [2.45, 2.75) is 6.92 Å². The Morgan fingerprint density at radius 3 is 2.75 bits per heavy atom. The number of aryl methyl sites for hydroxylation is 2. The minimum absolute atomic E-state index is 0.0873. The number of rotatable bonds is 7. The molecule has 0 atom stereocenters. The summed E-state index contributed by atoms with van der Waals surface area (Å²) in [6, 6.07) is 0. The minimum Gasteiger partial charge on any atom is -0.395 e. The standard InChI is InChI=1S/C13H20ClN3O3/c1-10-11(13(14)16(2)15-10)4-5-12(19)17(6-8-18)7-9-20-3/h4-5,18H,6-9H2,1-3H3/b5-4+. The fourth-order valence-corrected chi connectivity index (χ4v) is 1.99. The molecule has 7 heteroatoms. The highest BCUT2D eigenvalue weighted by molar-refractivity contribution is 6.31. The Balaban J connectivity index is 2.78. The highest BCUT2D eigenvalue weighted by Crippen LogP contribution is 2.20. The van der Waals surface area contributed by atoms with Gasteiger partial charge < -0.3 is 14.7 Å². The molecule has 1 heterocycles. The first-order chi connectivity index (χ1) is 9.51. The second-order valence-electron chi connectivity index (χ2n) is 4.29. The van der Waals surface area contributed by atoms with Gasteiger partial charge in [0.05, 0.1) is 18.9 Å². The summed E-state index contributed by atoms with van der Waals surface area (Å²) < 4.78 is 6.49. The molecule has 1 aromatic rings. The van der Waals surface area contributed by atoms with Crippen LogP contribution in [0.5, 0.6) is 0 Å². The smallest absolute Gasteiger partial charge is 0.246 e. The molecule has 1 rings (SSSR count). The molecule has 0 aliphatic carbocycles. The zero-order chi connectivity index (χ0) is 15.1. The summed E-state index contributed by atoms with van der Waals surface area (Å²) in [5.41, 5.74) is 1.48. The number of halogens is 1. The van der Waals surface area contributed by atoms with E-state index < -0.39 is 0 Å². The normalized spacial score (nSPS) is 11.2. The lowest BCUT2D eigenvalue weighted by molar-refractivity contribution is -0.127. The lowest BCUT2D eigenvalue weighted by Gasteiger charge is -2.19. The fraction of sp³-hybridized carbons (Fsp3) is 0.538. The van der Waals surface area contributed by atoms with E-state index in [-0.39, 0.29) is 19.1 Å². The minimum atomic E-state index is -0.199. The van der Waals surface area contributed by atoms with Crippen LogP contribution >= 0.6 is 11.6 Å². The summed E-state index contributed by atoms with van der Waals surface area (Å²) >= 11 is 6.09. The van der Waals surface area contributed by atoms with Crippen molar-refractivity contribution in [1.82, 2.24) is 14.7 Å². The number of carbonyl (C=O) groups excluding carboxylic acids is 1. The van der Waals surface area contributed by atoms with E-state index in [0.717, 1.165) is 11.3 Å². The summed E-state index contributed by atoms with van der Waals surface area (Å²) in [4.78, 5) is 13.6. The lowest BCUT2D eigenvalue weighted by atomic mass is 10.2. The zero-order valence-corrected chi connectivity index (χ0v) is 12.7. The van der Waals surface area contributed by atoms with Crippen molar-refractivity contribution in [2.75, 3.05) is 33.4 Å². The number of hydrogen-bond acceptors (Lipinski definition) is 4. The van der Waals surface area contributed by atoms with Gasteiger partial charge in [0.15, 0.2) is 0 Å². The summed E-state index contributed by atoms with van der Waals surface area (Å²) in [6.45, 7) is 2.86. The van der Waals surface area contributed by atoms with Crippen molar-refractivity contribution >= 4 is 23.6 Å². The Labute approximate surface area is 123 Å². The third-order valence-electron chi connectivity index (χ3n) is 2.84. The topological polar surface area (TPSA) is 67.6 Å². The van der Waals surface area contributed by atoms with Gasteiger partial charge in [0.1, 0.15) is 5.15 Å². The molecule has 112 valence electrons. The van der Waals surface area contributed by atoms with Crippen LogP contribution in [0, 0.1) is 6.92 Å². The van der Waals surface area contributed by atoms with Crippen molar-refractivity contribution in [1.29, 1.82) is 0 Å². The maximum atomic E-state index is 12.0. The molecule has 20 heavy (non-hydrogen) atoms. The van der Waals surface area contributed by atoms with Crippen LogP contribution in [0.15, 0.2) is 6.08 Å². The van der Waals surface area contributed by atoms with E-state index >= 15 is 0 Å². The quantitative estimate of drug-likeness (QED) is 0.759. The van der Waals surface area contributed by atoms with Gasteiger partial charge in [0, 0.05) is 38.9 Å². The molecular formula is C13H20ClN3O3. The van der Waals surface area contributed by atoms with Crippen LogP contribution in [-0.2, 0) is 16.6 Å². The molecule has 1 aromatic heterocycles. The Kier molecular flexibility index (Phi) is 6.70. The van der Waals surface area contributed by atoms with E-state index in [4.69, 9.17) is 21.4 Å². The summed E-state index contributed by atoms with van der Waals surface area (Å²) in [5.74, 6) is -0.199. The van der Waals surface area contributed by atoms with Gasteiger partial charge in [-0.2, -0.15) is 5.10 Å². The second-order valence-corrected chi connectivity index (χ2v) is 4.65. The van der Waals surface area contributed by atoms with Gasteiger partial charge in [-0.1, -0.05) is 11.6 Å². The third-order valence-corrected chi connectivity index (χ3v) is 3.28. The number of nitrogens with zero attached hydrogens (tertiary/aromatic N) is 3. The summed E-state index contributed by atoms with van der Waals surface area (Å²) in [5, 5.41) is 13.6. The Hall–Kier alpha value is -1.37. The van der Waals surface area contributed by atoms with E-state index in [2.05, 4.69) is 5.10 Å². The van der Waals surface area contributed by atoms with Crippen molar-refractivity contribution in [3.8, 4) is 0 Å². The van der Waals surface area contributed by atoms with Gasteiger partial charge in [0.25, 0.3) is 0 Å². The monoisotopic (exact) mass is 301 g/mol. The van der Waals surface area contributed by atoms with E-state index in [1.165, 1.54) is 11.0 Å². The van der Waals surface area contributed by atoms with Crippen LogP contribution < -0.4 is 0 Å². The first kappa shape index (κ1) is 16.7. The van der Waals surface area contributed by atoms with Gasteiger partial charge in [0.2, 0.25) is 5.91 Å². The largest absolute Gasteiger partial charge is 0.395 e. The molecule has 6 nitrogen and oxygen atoms in total. The molecule has 0 aromatic carbocycles. The molecule has 0 aliphatic heterocycles. The number of amides is 1. The second kappa shape index (κ2) is 8.04. The fourth-order valence-electron chi connectivity index (χ4n) is 1.75. The van der Waals surface area contributed by atoms with E-state index in [1.54, 1.807) is 24.9 Å². The number of carbonyl (C=O) groups is 1. The average molecular weight is 302 g/mol. The van der Waals surface area contributed by atoms with Crippen molar-refractivity contribution < 1.29 is 14.6 Å². The maximum Gasteiger partial charge on any atom is 0.246 e. The van der Waals surface area contributed by atoms with Gasteiger partial charge >= 0.3 is 0 Å². The van der Waals surface area contributed by atoms with Crippen LogP contribution in [0.25, 0.3) is 6.08 Å². The van der Waals surface area contributed by atoms with Crippen LogP contribution in [0.1, 0.15) is 11.3 Å². The van der Waals surface area contributed by atoms with Crippen LogP contribution in [-0.4, -0.2) is 59.1 Å². The van der Waals surface area contributed by atoms with Crippen molar-refractivity contribution in [3.63, 3.8) is 0 Å². The lowest BCUT2D eigenvalue weighted by Crippen LogP contribution is -2.34. The molecule has 0 radical (unpaired) electrons. The third kappa shape index (κ3) is 4.33. The Morgan fingerprint density at radius 1 is 1.55 bits per heavy atom.